The third-order valence-corrected chi connectivity index (χ3v) is 4.18. The third-order valence-electron chi connectivity index (χ3n) is 4.18. The Morgan fingerprint density at radius 1 is 1.38 bits per heavy atom. The fourth-order valence-corrected chi connectivity index (χ4v) is 2.64. The number of carbonyl (C=O) groups is 1. The van der Waals surface area contributed by atoms with Gasteiger partial charge in [0.15, 0.2) is 0 Å². The molecule has 134 valence electrons. The molecule has 24 heavy (non-hydrogen) atoms. The highest BCUT2D eigenvalue weighted by atomic mass is 19.4. The molecule has 0 aliphatic heterocycles. The van der Waals surface area contributed by atoms with Gasteiger partial charge in [0.05, 0.1) is 6.10 Å². The number of aliphatic hydroxyl groups is 1. The van der Waals surface area contributed by atoms with Crippen molar-refractivity contribution in [2.45, 2.75) is 45.1 Å². The number of carbonyl (C=O) groups excluding carboxylic acids is 1. The second-order valence-corrected chi connectivity index (χ2v) is 6.43. The highest BCUT2D eigenvalue weighted by molar-refractivity contribution is 5.83. The molecule has 1 aromatic carbocycles. The van der Waals surface area contributed by atoms with Crippen molar-refractivity contribution < 1.29 is 27.8 Å². The van der Waals surface area contributed by atoms with E-state index in [0.29, 0.717) is 24.9 Å². The minimum atomic E-state index is -4.75. The van der Waals surface area contributed by atoms with Gasteiger partial charge in [0.2, 0.25) is 5.91 Å². The zero-order chi connectivity index (χ0) is 17.9. The fraction of sp³-hybridized carbons (Fsp3) is 0.588. The van der Waals surface area contributed by atoms with Crippen molar-refractivity contribution in [2.24, 2.45) is 11.8 Å². The van der Waals surface area contributed by atoms with Crippen LogP contribution in [-0.4, -0.2) is 30.0 Å². The molecular weight excluding hydrogens is 323 g/mol. The Kier molecular flexibility index (Phi) is 5.74. The van der Waals surface area contributed by atoms with Crippen molar-refractivity contribution in [2.75, 3.05) is 6.54 Å². The van der Waals surface area contributed by atoms with Crippen LogP contribution in [0.2, 0.25) is 0 Å². The quantitative estimate of drug-likeness (QED) is 0.798. The molecule has 1 saturated carbocycles. The summed E-state index contributed by atoms with van der Waals surface area (Å²) in [5, 5.41) is 12.4. The predicted molar refractivity (Wildman–Crippen MR) is 82.4 cm³/mol. The van der Waals surface area contributed by atoms with Crippen molar-refractivity contribution in [3.05, 3.63) is 29.8 Å². The number of amides is 1. The van der Waals surface area contributed by atoms with Crippen LogP contribution in [-0.2, 0) is 4.79 Å². The summed E-state index contributed by atoms with van der Waals surface area (Å²) in [6, 6.07) is 5.91. The number of aliphatic hydroxyl groups excluding tert-OH is 1. The number of nitrogens with one attached hydrogen (secondary N) is 1. The van der Waals surface area contributed by atoms with E-state index in [9.17, 15) is 23.1 Å². The van der Waals surface area contributed by atoms with Crippen molar-refractivity contribution in [1.29, 1.82) is 0 Å². The maximum Gasteiger partial charge on any atom is 0.573 e. The monoisotopic (exact) mass is 345 g/mol. The van der Waals surface area contributed by atoms with Crippen LogP contribution in [0.25, 0.3) is 0 Å². The highest BCUT2D eigenvalue weighted by Crippen LogP contribution is 2.50. The van der Waals surface area contributed by atoms with Crippen molar-refractivity contribution in [3.8, 4) is 5.75 Å². The normalized spacial score (nSPS) is 21.5. The van der Waals surface area contributed by atoms with E-state index in [-0.39, 0.29) is 29.4 Å². The summed E-state index contributed by atoms with van der Waals surface area (Å²) in [7, 11) is 0. The first-order valence-corrected chi connectivity index (χ1v) is 7.99. The van der Waals surface area contributed by atoms with Gasteiger partial charge in [0.25, 0.3) is 0 Å². The molecule has 1 amide bonds. The number of para-hydroxylation sites is 1. The van der Waals surface area contributed by atoms with Gasteiger partial charge in [0.1, 0.15) is 5.75 Å². The van der Waals surface area contributed by atoms with Crippen LogP contribution >= 0.6 is 0 Å². The van der Waals surface area contributed by atoms with Crippen LogP contribution < -0.4 is 10.1 Å². The molecule has 3 atom stereocenters. The van der Waals surface area contributed by atoms with E-state index >= 15 is 0 Å². The lowest BCUT2D eigenvalue weighted by Gasteiger charge is -2.15. The van der Waals surface area contributed by atoms with Crippen LogP contribution in [0.4, 0.5) is 13.2 Å². The van der Waals surface area contributed by atoms with Crippen LogP contribution in [0.5, 0.6) is 5.75 Å². The van der Waals surface area contributed by atoms with E-state index in [1.54, 1.807) is 12.1 Å². The number of hydrogen-bond acceptors (Lipinski definition) is 3. The lowest BCUT2D eigenvalue weighted by molar-refractivity contribution is -0.274. The Hall–Kier alpha value is -1.76. The maximum atomic E-state index is 12.4. The smallest absolute Gasteiger partial charge is 0.405 e. The SMILES string of the molecule is CC(C)C(O)CCNC(=O)C1CC1c1ccccc1OC(F)(F)F. The topological polar surface area (TPSA) is 58.6 Å². The minimum absolute atomic E-state index is 0.113. The number of ether oxygens (including phenoxy) is 1. The van der Waals surface area contributed by atoms with Gasteiger partial charge in [-0.1, -0.05) is 32.0 Å². The number of hydrogen-bond donors (Lipinski definition) is 2. The Morgan fingerprint density at radius 2 is 2.04 bits per heavy atom. The molecule has 0 heterocycles. The molecule has 1 aliphatic rings. The van der Waals surface area contributed by atoms with Gasteiger partial charge < -0.3 is 15.2 Å². The number of rotatable bonds is 7. The number of benzene rings is 1. The summed E-state index contributed by atoms with van der Waals surface area (Å²) in [6.45, 7) is 4.13. The Balaban J connectivity index is 1.90. The van der Waals surface area contributed by atoms with Crippen LogP contribution in [0, 0.1) is 11.8 Å². The average Bonchev–Trinajstić information content (AvgIpc) is 3.26. The summed E-state index contributed by atoms with van der Waals surface area (Å²) in [5.41, 5.74) is 0.400. The molecule has 4 nitrogen and oxygen atoms in total. The molecular formula is C17H22F3NO3. The lowest BCUT2D eigenvalue weighted by Crippen LogP contribution is -2.30. The van der Waals surface area contributed by atoms with Crippen molar-refractivity contribution >= 4 is 5.91 Å². The zero-order valence-electron chi connectivity index (χ0n) is 13.6. The van der Waals surface area contributed by atoms with Gasteiger partial charge in [-0.15, -0.1) is 13.2 Å². The van der Waals surface area contributed by atoms with Gasteiger partial charge >= 0.3 is 6.36 Å². The molecule has 7 heteroatoms. The Morgan fingerprint density at radius 3 is 2.67 bits per heavy atom. The number of halogens is 3. The summed E-state index contributed by atoms with van der Waals surface area (Å²) in [4.78, 5) is 12.1. The van der Waals surface area contributed by atoms with Crippen LogP contribution in [0.3, 0.4) is 0 Å². The first-order chi connectivity index (χ1) is 11.2. The first kappa shape index (κ1) is 18.6. The molecule has 0 spiro atoms. The van der Waals surface area contributed by atoms with Crippen molar-refractivity contribution in [3.63, 3.8) is 0 Å². The average molecular weight is 345 g/mol. The second kappa shape index (κ2) is 7.42. The highest BCUT2D eigenvalue weighted by Gasteiger charge is 2.46. The van der Waals surface area contributed by atoms with Gasteiger partial charge in [-0.3, -0.25) is 4.79 Å². The molecule has 2 N–H and O–H groups in total. The largest absolute Gasteiger partial charge is 0.573 e. The predicted octanol–water partition coefficient (Wildman–Crippen LogP) is 3.21. The molecule has 0 bridgehead atoms. The van der Waals surface area contributed by atoms with Gasteiger partial charge in [-0.05, 0) is 36.3 Å². The van der Waals surface area contributed by atoms with Gasteiger partial charge in [0, 0.05) is 12.5 Å². The minimum Gasteiger partial charge on any atom is -0.405 e. The molecule has 1 fully saturated rings. The Bertz CT molecular complexity index is 574. The molecule has 2 rings (SSSR count). The van der Waals surface area contributed by atoms with E-state index < -0.39 is 12.5 Å². The summed E-state index contributed by atoms with van der Waals surface area (Å²) >= 11 is 0. The molecule has 1 aliphatic carbocycles. The second-order valence-electron chi connectivity index (χ2n) is 6.43. The van der Waals surface area contributed by atoms with E-state index in [2.05, 4.69) is 10.1 Å². The van der Waals surface area contributed by atoms with Crippen molar-refractivity contribution in [1.82, 2.24) is 5.32 Å². The standard InChI is InChI=1S/C17H22F3NO3/c1-10(2)14(22)7-8-21-16(23)13-9-12(13)11-5-3-4-6-15(11)24-17(18,19)20/h3-6,10,12-14,22H,7-9H2,1-2H3,(H,21,23). The molecule has 0 saturated heterocycles. The molecule has 0 radical (unpaired) electrons. The molecule has 1 aromatic rings. The third kappa shape index (κ3) is 5.12. The first-order valence-electron chi connectivity index (χ1n) is 7.99. The Labute approximate surface area is 139 Å². The fourth-order valence-electron chi connectivity index (χ4n) is 2.64. The van der Waals surface area contributed by atoms with E-state index in [0.717, 1.165) is 0 Å². The van der Waals surface area contributed by atoms with E-state index in [1.165, 1.54) is 12.1 Å². The van der Waals surface area contributed by atoms with Crippen LogP contribution in [0.15, 0.2) is 24.3 Å². The lowest BCUT2D eigenvalue weighted by atomic mass is 10.0. The number of alkyl halides is 3. The van der Waals surface area contributed by atoms with Crippen LogP contribution in [0.1, 0.15) is 38.2 Å². The zero-order valence-corrected chi connectivity index (χ0v) is 13.6. The van der Waals surface area contributed by atoms with Gasteiger partial charge in [-0.2, -0.15) is 0 Å². The summed E-state index contributed by atoms with van der Waals surface area (Å²) in [6.07, 6.45) is -4.29. The van der Waals surface area contributed by atoms with E-state index in [1.807, 2.05) is 13.8 Å². The molecule has 0 aromatic heterocycles. The maximum absolute atomic E-state index is 12.4. The van der Waals surface area contributed by atoms with E-state index in [4.69, 9.17) is 0 Å². The van der Waals surface area contributed by atoms with Gasteiger partial charge in [-0.25, -0.2) is 0 Å². The summed E-state index contributed by atoms with van der Waals surface area (Å²) < 4.78 is 41.4. The summed E-state index contributed by atoms with van der Waals surface area (Å²) in [5.74, 6) is -0.946. The molecule has 3 unspecified atom stereocenters.